The Labute approximate surface area is 159 Å². The molecule has 24 heavy (non-hydrogen) atoms. The molecule has 0 aromatic carbocycles. The van der Waals surface area contributed by atoms with Crippen molar-refractivity contribution in [2.45, 2.75) is 32.1 Å². The molecule has 1 fully saturated rings. The zero-order chi connectivity index (χ0) is 17.7. The van der Waals surface area contributed by atoms with Crippen molar-refractivity contribution in [3.05, 3.63) is 25.9 Å². The first-order valence-corrected chi connectivity index (χ1v) is 9.05. The predicted octanol–water partition coefficient (Wildman–Crippen LogP) is 4.55. The summed E-state index contributed by atoms with van der Waals surface area (Å²) in [4.78, 5) is 27.5. The first kappa shape index (κ1) is 19.6. The Bertz CT molecular complexity index is 634. The zero-order valence-corrected chi connectivity index (χ0v) is 15.7. The number of pyridine rings is 1. The third kappa shape index (κ3) is 5.12. The maximum Gasteiger partial charge on any atom is 0.359 e. The Morgan fingerprint density at radius 2 is 1.71 bits per heavy atom. The third-order valence-corrected chi connectivity index (χ3v) is 5.50. The molecule has 1 aromatic heterocycles. The molecule has 0 aliphatic heterocycles. The van der Waals surface area contributed by atoms with Crippen LogP contribution in [0.15, 0.2) is 0 Å². The van der Waals surface area contributed by atoms with Crippen molar-refractivity contribution in [3.8, 4) is 0 Å². The molecule has 0 bridgehead atoms. The molecule has 1 N–H and O–H groups in total. The number of rotatable bonds is 5. The highest BCUT2D eigenvalue weighted by Crippen LogP contribution is 2.36. The summed E-state index contributed by atoms with van der Waals surface area (Å²) in [7, 11) is 0. The van der Waals surface area contributed by atoms with E-state index >= 15 is 0 Å². The Hall–Kier alpha value is -0.750. The molecule has 1 aromatic rings. The fourth-order valence-corrected chi connectivity index (χ4v) is 3.33. The minimum atomic E-state index is -0.895. The average molecular weight is 414 g/mol. The lowest BCUT2D eigenvalue weighted by Crippen LogP contribution is -2.33. The number of carbonyl (C=O) groups excluding carboxylic acids is 2. The van der Waals surface area contributed by atoms with Crippen molar-refractivity contribution >= 4 is 58.3 Å². The second-order valence-electron chi connectivity index (χ2n) is 5.58. The van der Waals surface area contributed by atoms with Gasteiger partial charge in [-0.3, -0.25) is 4.79 Å². The van der Waals surface area contributed by atoms with Crippen LogP contribution in [0.4, 0.5) is 0 Å². The van der Waals surface area contributed by atoms with Crippen molar-refractivity contribution in [2.24, 2.45) is 5.92 Å². The molecule has 1 amide bonds. The Morgan fingerprint density at radius 1 is 1.04 bits per heavy atom. The van der Waals surface area contributed by atoms with Gasteiger partial charge in [0.05, 0.1) is 15.1 Å². The molecule has 9 heteroatoms. The second-order valence-corrected chi connectivity index (χ2v) is 7.07. The Morgan fingerprint density at radius 3 is 2.38 bits per heavy atom. The van der Waals surface area contributed by atoms with Gasteiger partial charge in [-0.25, -0.2) is 9.78 Å². The molecule has 2 rings (SSSR count). The number of hydrogen-bond donors (Lipinski definition) is 1. The molecule has 0 spiro atoms. The highest BCUT2D eigenvalue weighted by atomic mass is 35.5. The van der Waals surface area contributed by atoms with Gasteiger partial charge in [0.25, 0.3) is 5.91 Å². The first-order chi connectivity index (χ1) is 11.4. The van der Waals surface area contributed by atoms with Crippen molar-refractivity contribution in [2.75, 3.05) is 13.2 Å². The van der Waals surface area contributed by atoms with Crippen LogP contribution < -0.4 is 5.32 Å². The van der Waals surface area contributed by atoms with Crippen LogP contribution in [-0.4, -0.2) is 30.0 Å². The first-order valence-electron chi connectivity index (χ1n) is 7.54. The van der Waals surface area contributed by atoms with Crippen LogP contribution in [0.3, 0.4) is 0 Å². The van der Waals surface area contributed by atoms with Gasteiger partial charge in [0.1, 0.15) is 5.15 Å². The number of hydrogen-bond acceptors (Lipinski definition) is 4. The highest BCUT2D eigenvalue weighted by Gasteiger charge is 2.22. The summed E-state index contributed by atoms with van der Waals surface area (Å²) < 4.78 is 4.90. The van der Waals surface area contributed by atoms with Crippen molar-refractivity contribution in [3.63, 3.8) is 0 Å². The summed E-state index contributed by atoms with van der Waals surface area (Å²) in [6, 6.07) is 0. The lowest BCUT2D eigenvalue weighted by atomic mass is 9.89. The molecule has 1 aliphatic rings. The summed E-state index contributed by atoms with van der Waals surface area (Å²) in [5.41, 5.74) is -0.281. The van der Waals surface area contributed by atoms with Gasteiger partial charge < -0.3 is 10.1 Å². The van der Waals surface area contributed by atoms with E-state index in [0.717, 1.165) is 12.8 Å². The van der Waals surface area contributed by atoms with Gasteiger partial charge in [0, 0.05) is 6.54 Å². The van der Waals surface area contributed by atoms with Crippen LogP contribution in [0, 0.1) is 5.92 Å². The normalized spacial score (nSPS) is 15.2. The smallest absolute Gasteiger partial charge is 0.359 e. The maximum atomic E-state index is 12.0. The minimum Gasteiger partial charge on any atom is -0.451 e. The third-order valence-electron chi connectivity index (χ3n) is 3.82. The summed E-state index contributed by atoms with van der Waals surface area (Å²) in [5, 5.41) is 2.29. The van der Waals surface area contributed by atoms with Gasteiger partial charge in [-0.2, -0.15) is 0 Å². The predicted molar refractivity (Wildman–Crippen MR) is 94.1 cm³/mol. The van der Waals surface area contributed by atoms with E-state index in [0.29, 0.717) is 12.5 Å². The molecule has 0 unspecified atom stereocenters. The lowest BCUT2D eigenvalue weighted by molar-refractivity contribution is -0.124. The standard InChI is InChI=1S/C15H16Cl4N2O3/c16-10-11(17)13(21-14(19)12(10)18)15(23)24-7-9(22)20-6-8-4-2-1-3-5-8/h8H,1-7H2,(H,20,22). The quantitative estimate of drug-likeness (QED) is 0.567. The van der Waals surface area contributed by atoms with E-state index in [9.17, 15) is 9.59 Å². The monoisotopic (exact) mass is 412 g/mol. The number of carbonyl (C=O) groups is 2. The summed E-state index contributed by atoms with van der Waals surface area (Å²) in [6.07, 6.45) is 5.86. The number of nitrogens with one attached hydrogen (secondary N) is 1. The van der Waals surface area contributed by atoms with Gasteiger partial charge in [-0.1, -0.05) is 65.7 Å². The van der Waals surface area contributed by atoms with Crippen LogP contribution in [-0.2, 0) is 9.53 Å². The molecule has 1 saturated carbocycles. The molecule has 0 atom stereocenters. The van der Waals surface area contributed by atoms with Crippen molar-refractivity contribution in [1.29, 1.82) is 0 Å². The van der Waals surface area contributed by atoms with Gasteiger partial charge in [0.2, 0.25) is 0 Å². The lowest BCUT2D eigenvalue weighted by Gasteiger charge is -2.21. The van der Waals surface area contributed by atoms with Gasteiger partial charge >= 0.3 is 5.97 Å². The maximum absolute atomic E-state index is 12.0. The largest absolute Gasteiger partial charge is 0.451 e. The van der Waals surface area contributed by atoms with Gasteiger partial charge in [-0.15, -0.1) is 0 Å². The van der Waals surface area contributed by atoms with E-state index in [1.54, 1.807) is 0 Å². The molecule has 132 valence electrons. The Kier molecular flexibility index (Phi) is 7.41. The Balaban J connectivity index is 1.85. The molecule has 1 heterocycles. The van der Waals surface area contributed by atoms with E-state index in [1.807, 2.05) is 0 Å². The fraction of sp³-hybridized carbons (Fsp3) is 0.533. The second kappa shape index (κ2) is 9.09. The molecule has 0 saturated heterocycles. The van der Waals surface area contributed by atoms with Gasteiger partial charge in [-0.05, 0) is 18.8 Å². The topological polar surface area (TPSA) is 68.3 Å². The number of halogens is 4. The highest BCUT2D eigenvalue weighted by molar-refractivity contribution is 6.52. The molecular formula is C15H16Cl4N2O3. The summed E-state index contributed by atoms with van der Waals surface area (Å²) in [6.45, 7) is 0.162. The van der Waals surface area contributed by atoms with E-state index in [4.69, 9.17) is 51.1 Å². The van der Waals surface area contributed by atoms with Crippen LogP contribution in [0.1, 0.15) is 42.6 Å². The molecular weight excluding hydrogens is 398 g/mol. The van der Waals surface area contributed by atoms with Crippen LogP contribution in [0.2, 0.25) is 20.2 Å². The van der Waals surface area contributed by atoms with E-state index in [1.165, 1.54) is 19.3 Å². The van der Waals surface area contributed by atoms with Crippen LogP contribution in [0.25, 0.3) is 0 Å². The summed E-state index contributed by atoms with van der Waals surface area (Å²) >= 11 is 23.3. The number of aromatic nitrogens is 1. The number of ether oxygens (including phenoxy) is 1. The molecule has 1 aliphatic carbocycles. The zero-order valence-electron chi connectivity index (χ0n) is 12.7. The van der Waals surface area contributed by atoms with E-state index in [2.05, 4.69) is 10.3 Å². The van der Waals surface area contributed by atoms with Crippen molar-refractivity contribution < 1.29 is 14.3 Å². The number of amides is 1. The molecule has 5 nitrogen and oxygen atoms in total. The average Bonchev–Trinajstić information content (AvgIpc) is 2.60. The van der Waals surface area contributed by atoms with Crippen LogP contribution in [0.5, 0.6) is 0 Å². The SMILES string of the molecule is O=C(COC(=O)c1nc(Cl)c(Cl)c(Cl)c1Cl)NCC1CCCCC1. The summed E-state index contributed by atoms with van der Waals surface area (Å²) in [5.74, 6) is -0.784. The fourth-order valence-electron chi connectivity index (χ4n) is 2.52. The van der Waals surface area contributed by atoms with Crippen molar-refractivity contribution in [1.82, 2.24) is 10.3 Å². The number of nitrogens with zero attached hydrogens (tertiary/aromatic N) is 1. The van der Waals surface area contributed by atoms with E-state index < -0.39 is 12.6 Å². The minimum absolute atomic E-state index is 0.0508. The van der Waals surface area contributed by atoms with E-state index in [-0.39, 0.29) is 31.8 Å². The molecule has 0 radical (unpaired) electrons. The van der Waals surface area contributed by atoms with Gasteiger partial charge in [0.15, 0.2) is 12.3 Å². The van der Waals surface area contributed by atoms with Crippen LogP contribution >= 0.6 is 46.4 Å². The number of esters is 1.